The van der Waals surface area contributed by atoms with Gasteiger partial charge in [0.05, 0.1) is 17.2 Å². The Morgan fingerprint density at radius 2 is 1.67 bits per heavy atom. The predicted octanol–water partition coefficient (Wildman–Crippen LogP) is 3.48. The molecule has 112 valence electrons. The van der Waals surface area contributed by atoms with Crippen molar-refractivity contribution in [3.63, 3.8) is 0 Å². The predicted molar refractivity (Wildman–Crippen MR) is 83.5 cm³/mol. The van der Waals surface area contributed by atoms with E-state index in [1.165, 1.54) is 19.2 Å². The molecule has 0 saturated heterocycles. The molecule has 0 aliphatic rings. The molecule has 2 aromatic rings. The van der Waals surface area contributed by atoms with Crippen LogP contribution in [0.3, 0.4) is 0 Å². The van der Waals surface area contributed by atoms with Crippen molar-refractivity contribution in [3.05, 3.63) is 58.1 Å². The molecule has 0 radical (unpaired) electrons. The SMILES string of the molecule is COc1ccccc1CNS(=O)(=O)c1c(Cl)cccc1Cl. The fraction of sp³-hybridized carbons (Fsp3) is 0.143. The molecular weight excluding hydrogens is 333 g/mol. The zero-order valence-electron chi connectivity index (χ0n) is 11.1. The van der Waals surface area contributed by atoms with Crippen LogP contribution in [0.15, 0.2) is 47.4 Å². The Labute approximate surface area is 133 Å². The van der Waals surface area contributed by atoms with Gasteiger partial charge in [-0.05, 0) is 18.2 Å². The van der Waals surface area contributed by atoms with Gasteiger partial charge in [-0.3, -0.25) is 0 Å². The van der Waals surface area contributed by atoms with Gasteiger partial charge in [-0.25, -0.2) is 13.1 Å². The maximum absolute atomic E-state index is 12.3. The van der Waals surface area contributed by atoms with Gasteiger partial charge in [0.1, 0.15) is 10.6 Å². The van der Waals surface area contributed by atoms with Crippen LogP contribution in [0.5, 0.6) is 5.75 Å². The van der Waals surface area contributed by atoms with Crippen LogP contribution >= 0.6 is 23.2 Å². The average molecular weight is 346 g/mol. The first kappa shape index (κ1) is 16.1. The van der Waals surface area contributed by atoms with E-state index in [-0.39, 0.29) is 21.5 Å². The number of hydrogen-bond donors (Lipinski definition) is 1. The highest BCUT2D eigenvalue weighted by Gasteiger charge is 2.21. The lowest BCUT2D eigenvalue weighted by atomic mass is 10.2. The number of halogens is 2. The Kier molecular flexibility index (Phi) is 5.11. The minimum atomic E-state index is -3.81. The molecule has 0 atom stereocenters. The number of ether oxygens (including phenoxy) is 1. The fourth-order valence-electron chi connectivity index (χ4n) is 1.83. The molecule has 0 amide bonds. The third-order valence-corrected chi connectivity index (χ3v) is 5.19. The summed E-state index contributed by atoms with van der Waals surface area (Å²) in [6, 6.07) is 11.7. The number of sulfonamides is 1. The molecule has 0 spiro atoms. The number of benzene rings is 2. The monoisotopic (exact) mass is 345 g/mol. The van der Waals surface area contributed by atoms with Crippen LogP contribution in [0.2, 0.25) is 10.0 Å². The second-order valence-corrected chi connectivity index (χ2v) is 6.71. The lowest BCUT2D eigenvalue weighted by Gasteiger charge is -2.12. The van der Waals surface area contributed by atoms with E-state index in [1.54, 1.807) is 24.3 Å². The maximum Gasteiger partial charge on any atom is 0.243 e. The van der Waals surface area contributed by atoms with E-state index in [0.29, 0.717) is 11.3 Å². The topological polar surface area (TPSA) is 55.4 Å². The second-order valence-electron chi connectivity index (χ2n) is 4.19. The van der Waals surface area contributed by atoms with Gasteiger partial charge in [0.2, 0.25) is 10.0 Å². The molecule has 0 heterocycles. The van der Waals surface area contributed by atoms with E-state index < -0.39 is 10.0 Å². The molecule has 0 aromatic heterocycles. The Morgan fingerprint density at radius 1 is 1.05 bits per heavy atom. The number of para-hydroxylation sites is 1. The molecule has 0 aliphatic heterocycles. The van der Waals surface area contributed by atoms with Crippen LogP contribution in [0.1, 0.15) is 5.56 Å². The highest BCUT2D eigenvalue weighted by Crippen LogP contribution is 2.29. The summed E-state index contributed by atoms with van der Waals surface area (Å²) >= 11 is 11.9. The smallest absolute Gasteiger partial charge is 0.243 e. The Bertz CT molecular complexity index is 727. The summed E-state index contributed by atoms with van der Waals surface area (Å²) < 4.78 is 32.3. The van der Waals surface area contributed by atoms with Crippen LogP contribution in [-0.4, -0.2) is 15.5 Å². The Balaban J connectivity index is 2.27. The molecule has 2 aromatic carbocycles. The van der Waals surface area contributed by atoms with Gasteiger partial charge >= 0.3 is 0 Å². The van der Waals surface area contributed by atoms with Crippen molar-refractivity contribution in [3.8, 4) is 5.75 Å². The van der Waals surface area contributed by atoms with Gasteiger partial charge in [-0.15, -0.1) is 0 Å². The maximum atomic E-state index is 12.3. The number of hydrogen-bond acceptors (Lipinski definition) is 3. The van der Waals surface area contributed by atoms with Gasteiger partial charge in [0, 0.05) is 12.1 Å². The first-order valence-corrected chi connectivity index (χ1v) is 8.25. The second kappa shape index (κ2) is 6.66. The fourth-order valence-corrected chi connectivity index (χ4v) is 3.98. The third kappa shape index (κ3) is 3.68. The van der Waals surface area contributed by atoms with Crippen molar-refractivity contribution >= 4 is 33.2 Å². The molecule has 0 saturated carbocycles. The van der Waals surface area contributed by atoms with Gasteiger partial charge in [-0.2, -0.15) is 0 Å². The molecule has 4 nitrogen and oxygen atoms in total. The molecule has 0 bridgehead atoms. The van der Waals surface area contributed by atoms with Gasteiger partial charge in [0.25, 0.3) is 0 Å². The number of rotatable bonds is 5. The lowest BCUT2D eigenvalue weighted by molar-refractivity contribution is 0.409. The summed E-state index contributed by atoms with van der Waals surface area (Å²) in [5.74, 6) is 0.602. The van der Waals surface area contributed by atoms with Crippen LogP contribution in [-0.2, 0) is 16.6 Å². The molecule has 21 heavy (non-hydrogen) atoms. The van der Waals surface area contributed by atoms with Crippen LogP contribution in [0, 0.1) is 0 Å². The third-order valence-electron chi connectivity index (χ3n) is 2.83. The largest absolute Gasteiger partial charge is 0.496 e. The number of nitrogens with one attached hydrogen (secondary N) is 1. The van der Waals surface area contributed by atoms with E-state index in [9.17, 15) is 8.42 Å². The molecule has 1 N–H and O–H groups in total. The zero-order valence-corrected chi connectivity index (χ0v) is 13.5. The zero-order chi connectivity index (χ0) is 15.5. The summed E-state index contributed by atoms with van der Waals surface area (Å²) in [7, 11) is -2.29. The van der Waals surface area contributed by atoms with Crippen molar-refractivity contribution < 1.29 is 13.2 Å². The standard InChI is InChI=1S/C14H13Cl2NO3S/c1-20-13-8-3-2-5-10(13)9-17-21(18,19)14-11(15)6-4-7-12(14)16/h2-8,17H,9H2,1H3. The van der Waals surface area contributed by atoms with Crippen LogP contribution in [0.4, 0.5) is 0 Å². The normalized spacial score (nSPS) is 11.4. The van der Waals surface area contributed by atoms with Crippen molar-refractivity contribution in [2.75, 3.05) is 7.11 Å². The average Bonchev–Trinajstić information content (AvgIpc) is 2.45. The summed E-state index contributed by atoms with van der Waals surface area (Å²) in [6.07, 6.45) is 0. The van der Waals surface area contributed by atoms with Gasteiger partial charge in [0.15, 0.2) is 0 Å². The highest BCUT2D eigenvalue weighted by molar-refractivity contribution is 7.89. The minimum Gasteiger partial charge on any atom is -0.496 e. The van der Waals surface area contributed by atoms with Crippen molar-refractivity contribution in [2.45, 2.75) is 11.4 Å². The molecule has 0 aliphatic carbocycles. The molecular formula is C14H13Cl2NO3S. The van der Waals surface area contributed by atoms with E-state index in [1.807, 2.05) is 6.07 Å². The van der Waals surface area contributed by atoms with Crippen molar-refractivity contribution in [1.29, 1.82) is 0 Å². The molecule has 7 heteroatoms. The molecule has 2 rings (SSSR count). The van der Waals surface area contributed by atoms with Crippen LogP contribution < -0.4 is 9.46 Å². The Hall–Kier alpha value is -1.27. The lowest BCUT2D eigenvalue weighted by Crippen LogP contribution is -2.24. The molecule has 0 unspecified atom stereocenters. The quantitative estimate of drug-likeness (QED) is 0.902. The van der Waals surface area contributed by atoms with E-state index in [4.69, 9.17) is 27.9 Å². The summed E-state index contributed by atoms with van der Waals surface area (Å²) in [5, 5.41) is 0.157. The van der Waals surface area contributed by atoms with E-state index in [0.717, 1.165) is 0 Å². The highest BCUT2D eigenvalue weighted by atomic mass is 35.5. The van der Waals surface area contributed by atoms with E-state index in [2.05, 4.69) is 4.72 Å². The summed E-state index contributed by atoms with van der Waals surface area (Å²) in [5.41, 5.74) is 0.715. The Morgan fingerprint density at radius 3 is 2.29 bits per heavy atom. The van der Waals surface area contributed by atoms with E-state index >= 15 is 0 Å². The van der Waals surface area contributed by atoms with Crippen molar-refractivity contribution in [1.82, 2.24) is 4.72 Å². The van der Waals surface area contributed by atoms with Gasteiger partial charge < -0.3 is 4.74 Å². The summed E-state index contributed by atoms with van der Waals surface area (Å²) in [6.45, 7) is 0.0773. The first-order chi connectivity index (χ1) is 9.95. The summed E-state index contributed by atoms with van der Waals surface area (Å²) in [4.78, 5) is -0.122. The molecule has 0 fully saturated rings. The van der Waals surface area contributed by atoms with Crippen molar-refractivity contribution in [2.24, 2.45) is 0 Å². The van der Waals surface area contributed by atoms with Gasteiger partial charge in [-0.1, -0.05) is 47.5 Å². The first-order valence-electron chi connectivity index (χ1n) is 6.01. The minimum absolute atomic E-state index is 0.0773. The number of methoxy groups -OCH3 is 1. The van der Waals surface area contributed by atoms with Crippen LogP contribution in [0.25, 0.3) is 0 Å².